The second-order valence-corrected chi connectivity index (χ2v) is 4.89. The number of non-ortho nitro benzene ring substituents is 1. The molecule has 0 aromatic heterocycles. The number of rotatable bonds is 5. The summed E-state index contributed by atoms with van der Waals surface area (Å²) in [5.41, 5.74) is -0.103. The first-order valence-corrected chi connectivity index (χ1v) is 6.91. The molecule has 1 aliphatic heterocycles. The van der Waals surface area contributed by atoms with Gasteiger partial charge in [0.15, 0.2) is 6.10 Å². The molecule has 1 aromatic carbocycles. The Bertz CT molecular complexity index is 630. The van der Waals surface area contributed by atoms with Crippen LogP contribution in [0.1, 0.15) is 26.7 Å². The molecular formula is C14H16N2O6. The Kier molecular flexibility index (Phi) is 4.30. The van der Waals surface area contributed by atoms with E-state index in [4.69, 9.17) is 4.74 Å². The van der Waals surface area contributed by atoms with Crippen molar-refractivity contribution in [1.29, 1.82) is 0 Å². The fourth-order valence-corrected chi connectivity index (χ4v) is 2.43. The molecule has 1 heterocycles. The van der Waals surface area contributed by atoms with Crippen LogP contribution in [0.4, 0.5) is 11.4 Å². The van der Waals surface area contributed by atoms with Crippen molar-refractivity contribution >= 4 is 23.3 Å². The monoisotopic (exact) mass is 308 g/mol. The van der Waals surface area contributed by atoms with Crippen LogP contribution in [0.25, 0.3) is 0 Å². The van der Waals surface area contributed by atoms with Gasteiger partial charge in [-0.3, -0.25) is 19.8 Å². The van der Waals surface area contributed by atoms with E-state index >= 15 is 0 Å². The van der Waals surface area contributed by atoms with E-state index in [2.05, 4.69) is 0 Å². The number of nitro benzene ring substituents is 1. The van der Waals surface area contributed by atoms with Crippen molar-refractivity contribution in [3.63, 3.8) is 0 Å². The Hall–Kier alpha value is -2.64. The maximum atomic E-state index is 12.5. The molecule has 8 heteroatoms. The topological polar surface area (TPSA) is 110 Å². The van der Waals surface area contributed by atoms with Gasteiger partial charge >= 0.3 is 5.97 Å². The molecule has 2 unspecified atom stereocenters. The predicted molar refractivity (Wildman–Crippen MR) is 77.0 cm³/mol. The summed E-state index contributed by atoms with van der Waals surface area (Å²) in [6.07, 6.45) is -0.232. The standard InChI is InChI=1S/C14H16N2O6/c1-3-9(14(18)19)15-10-7-8(16(20)21)5-6-12(10)22-11(4-2)13(15)17/h5-7,9,11H,3-4H2,1-2H3,(H,18,19). The van der Waals surface area contributed by atoms with Gasteiger partial charge in [-0.1, -0.05) is 13.8 Å². The number of fused-ring (bicyclic) bond motifs is 1. The molecule has 1 aromatic rings. The molecule has 2 atom stereocenters. The van der Waals surface area contributed by atoms with Crippen LogP contribution in [-0.2, 0) is 9.59 Å². The average molecular weight is 308 g/mol. The zero-order chi connectivity index (χ0) is 16.4. The molecule has 8 nitrogen and oxygen atoms in total. The maximum Gasteiger partial charge on any atom is 0.326 e. The molecule has 2 rings (SSSR count). The fraction of sp³-hybridized carbons (Fsp3) is 0.429. The third-order valence-electron chi connectivity index (χ3n) is 3.55. The molecule has 0 saturated carbocycles. The third-order valence-corrected chi connectivity index (χ3v) is 3.55. The van der Waals surface area contributed by atoms with Crippen molar-refractivity contribution in [2.24, 2.45) is 0 Å². The van der Waals surface area contributed by atoms with Gasteiger partial charge in [0, 0.05) is 12.1 Å². The van der Waals surface area contributed by atoms with Crippen LogP contribution >= 0.6 is 0 Å². The van der Waals surface area contributed by atoms with Gasteiger partial charge in [0.2, 0.25) is 0 Å². The Balaban J connectivity index is 2.59. The largest absolute Gasteiger partial charge is 0.480 e. The van der Waals surface area contributed by atoms with Gasteiger partial charge in [-0.15, -0.1) is 0 Å². The van der Waals surface area contributed by atoms with Crippen molar-refractivity contribution in [2.45, 2.75) is 38.8 Å². The van der Waals surface area contributed by atoms with Crippen molar-refractivity contribution in [3.8, 4) is 5.75 Å². The second-order valence-electron chi connectivity index (χ2n) is 4.89. The van der Waals surface area contributed by atoms with Gasteiger partial charge in [0.25, 0.3) is 11.6 Å². The number of carboxylic acids is 1. The molecule has 1 aliphatic rings. The van der Waals surface area contributed by atoms with Crippen LogP contribution in [0.3, 0.4) is 0 Å². The predicted octanol–water partition coefficient (Wildman–Crippen LogP) is 1.96. The number of amides is 1. The highest BCUT2D eigenvalue weighted by Gasteiger charge is 2.40. The molecule has 0 fully saturated rings. The fourth-order valence-electron chi connectivity index (χ4n) is 2.43. The van der Waals surface area contributed by atoms with E-state index in [1.165, 1.54) is 18.2 Å². The molecule has 0 radical (unpaired) electrons. The molecule has 118 valence electrons. The summed E-state index contributed by atoms with van der Waals surface area (Å²) < 4.78 is 5.53. The minimum atomic E-state index is -1.16. The Morgan fingerprint density at radius 1 is 1.50 bits per heavy atom. The third kappa shape index (κ3) is 2.59. The lowest BCUT2D eigenvalue weighted by molar-refractivity contribution is -0.384. The number of aliphatic carboxylic acids is 1. The minimum Gasteiger partial charge on any atom is -0.480 e. The van der Waals surface area contributed by atoms with Gasteiger partial charge in [0.05, 0.1) is 10.6 Å². The molecule has 0 bridgehead atoms. The van der Waals surface area contributed by atoms with E-state index in [0.717, 1.165) is 4.90 Å². The van der Waals surface area contributed by atoms with Crippen LogP contribution in [0.2, 0.25) is 0 Å². The number of ether oxygens (including phenoxy) is 1. The highest BCUT2D eigenvalue weighted by molar-refractivity contribution is 6.04. The Morgan fingerprint density at radius 2 is 2.18 bits per heavy atom. The molecule has 0 saturated heterocycles. The highest BCUT2D eigenvalue weighted by atomic mass is 16.6. The molecule has 0 aliphatic carbocycles. The molecular weight excluding hydrogens is 292 g/mol. The van der Waals surface area contributed by atoms with Gasteiger partial charge in [0.1, 0.15) is 11.8 Å². The lowest BCUT2D eigenvalue weighted by Crippen LogP contribution is -2.53. The first-order valence-electron chi connectivity index (χ1n) is 6.91. The average Bonchev–Trinajstić information content (AvgIpc) is 2.48. The summed E-state index contributed by atoms with van der Waals surface area (Å²) in [6, 6.07) is 2.74. The number of carbonyl (C=O) groups is 2. The second kappa shape index (κ2) is 6.00. The summed E-state index contributed by atoms with van der Waals surface area (Å²) in [7, 11) is 0. The summed E-state index contributed by atoms with van der Waals surface area (Å²) in [5, 5.41) is 20.3. The van der Waals surface area contributed by atoms with Crippen molar-refractivity contribution in [3.05, 3.63) is 28.3 Å². The molecule has 0 spiro atoms. The smallest absolute Gasteiger partial charge is 0.326 e. The van der Waals surface area contributed by atoms with Gasteiger partial charge in [-0.2, -0.15) is 0 Å². The Morgan fingerprint density at radius 3 is 2.68 bits per heavy atom. The zero-order valence-electron chi connectivity index (χ0n) is 12.2. The Labute approximate surface area is 126 Å². The number of benzene rings is 1. The van der Waals surface area contributed by atoms with Gasteiger partial charge in [-0.05, 0) is 18.9 Å². The summed E-state index contributed by atoms with van der Waals surface area (Å²) in [4.78, 5) is 35.3. The van der Waals surface area contributed by atoms with E-state index < -0.39 is 28.9 Å². The van der Waals surface area contributed by atoms with Gasteiger partial charge < -0.3 is 9.84 Å². The number of hydrogen-bond acceptors (Lipinski definition) is 5. The van der Waals surface area contributed by atoms with Gasteiger partial charge in [-0.25, -0.2) is 4.79 Å². The van der Waals surface area contributed by atoms with Crippen molar-refractivity contribution in [1.82, 2.24) is 0 Å². The molecule has 1 N–H and O–H groups in total. The van der Waals surface area contributed by atoms with Crippen LogP contribution < -0.4 is 9.64 Å². The van der Waals surface area contributed by atoms with E-state index in [0.29, 0.717) is 6.42 Å². The van der Waals surface area contributed by atoms with Crippen LogP contribution in [0.15, 0.2) is 18.2 Å². The number of carbonyl (C=O) groups excluding carboxylic acids is 1. The quantitative estimate of drug-likeness (QED) is 0.657. The number of hydrogen-bond donors (Lipinski definition) is 1. The SMILES string of the molecule is CCC1Oc2ccc([N+](=O)[O-])cc2N(C(CC)C(=O)O)C1=O. The number of nitro groups is 1. The van der Waals surface area contributed by atoms with E-state index in [1.54, 1.807) is 13.8 Å². The van der Waals surface area contributed by atoms with E-state index in [9.17, 15) is 24.8 Å². The van der Waals surface area contributed by atoms with Crippen LogP contribution in [-0.4, -0.2) is 34.1 Å². The lowest BCUT2D eigenvalue weighted by atomic mass is 10.1. The minimum absolute atomic E-state index is 0.123. The summed E-state index contributed by atoms with van der Waals surface area (Å²) in [6.45, 7) is 3.39. The van der Waals surface area contributed by atoms with Crippen LogP contribution in [0, 0.1) is 10.1 Å². The maximum absolute atomic E-state index is 12.5. The lowest BCUT2D eigenvalue weighted by Gasteiger charge is -2.36. The van der Waals surface area contributed by atoms with Crippen molar-refractivity contribution < 1.29 is 24.4 Å². The first-order chi connectivity index (χ1) is 10.4. The molecule has 22 heavy (non-hydrogen) atoms. The summed E-state index contributed by atoms with van der Waals surface area (Å²) in [5.74, 6) is -1.38. The first kappa shape index (κ1) is 15.7. The normalized spacial score (nSPS) is 18.4. The number of nitrogens with zero attached hydrogens (tertiary/aromatic N) is 2. The molecule has 1 amide bonds. The summed E-state index contributed by atoms with van der Waals surface area (Å²) >= 11 is 0. The zero-order valence-corrected chi connectivity index (χ0v) is 12.2. The van der Waals surface area contributed by atoms with E-state index in [1.807, 2.05) is 0 Å². The van der Waals surface area contributed by atoms with E-state index in [-0.39, 0.29) is 23.5 Å². The van der Waals surface area contributed by atoms with Crippen molar-refractivity contribution in [2.75, 3.05) is 4.90 Å². The number of carboxylic acid groups (broad SMARTS) is 1. The number of anilines is 1. The highest BCUT2D eigenvalue weighted by Crippen LogP contribution is 2.39. The van der Waals surface area contributed by atoms with Crippen LogP contribution in [0.5, 0.6) is 5.75 Å².